The van der Waals surface area contributed by atoms with Crippen molar-refractivity contribution in [2.24, 2.45) is 0 Å². The van der Waals surface area contributed by atoms with E-state index in [1.807, 2.05) is 6.07 Å². The molecule has 1 fully saturated rings. The lowest BCUT2D eigenvalue weighted by Crippen LogP contribution is -2.18. The predicted molar refractivity (Wildman–Crippen MR) is 71.9 cm³/mol. The predicted octanol–water partition coefficient (Wildman–Crippen LogP) is 2.33. The highest BCUT2D eigenvalue weighted by Crippen LogP contribution is 2.36. The van der Waals surface area contributed by atoms with E-state index in [-0.39, 0.29) is 5.97 Å². The van der Waals surface area contributed by atoms with Crippen LogP contribution in [0.2, 0.25) is 0 Å². The number of rotatable bonds is 3. The maximum absolute atomic E-state index is 11.7. The third kappa shape index (κ3) is 2.97. The monoisotopic (exact) mass is 267 g/mol. The quantitative estimate of drug-likeness (QED) is 0.672. The van der Waals surface area contributed by atoms with E-state index < -0.39 is 0 Å². The largest absolute Gasteiger partial charge is 0.465 e. The molecule has 0 radical (unpaired) electrons. The number of nitrogens with two attached hydrogens (primary N) is 1. The minimum atomic E-state index is -0.336. The Bertz CT molecular complexity index is 430. The van der Waals surface area contributed by atoms with Crippen molar-refractivity contribution < 1.29 is 14.3 Å². The molecule has 0 saturated carbocycles. The van der Waals surface area contributed by atoms with Crippen molar-refractivity contribution >= 4 is 23.4 Å². The fourth-order valence-electron chi connectivity index (χ4n) is 1.92. The van der Waals surface area contributed by atoms with Crippen LogP contribution in [-0.2, 0) is 9.47 Å². The Morgan fingerprint density at radius 3 is 2.83 bits per heavy atom. The summed E-state index contributed by atoms with van der Waals surface area (Å²) in [6.45, 7) is 1.55. The number of carbonyl (C=O) groups is 1. The molecule has 0 unspecified atom stereocenters. The van der Waals surface area contributed by atoms with E-state index in [9.17, 15) is 4.79 Å². The van der Waals surface area contributed by atoms with Gasteiger partial charge in [0.05, 0.1) is 12.7 Å². The highest BCUT2D eigenvalue weighted by molar-refractivity contribution is 8.00. The summed E-state index contributed by atoms with van der Waals surface area (Å²) in [4.78, 5) is 12.5. The van der Waals surface area contributed by atoms with E-state index in [4.69, 9.17) is 15.2 Å². The van der Waals surface area contributed by atoms with Gasteiger partial charge in [-0.1, -0.05) is 6.07 Å². The van der Waals surface area contributed by atoms with Gasteiger partial charge in [-0.05, 0) is 25.0 Å². The summed E-state index contributed by atoms with van der Waals surface area (Å²) in [6, 6.07) is 5.34. The second kappa shape index (κ2) is 6.11. The standard InChI is InChI=1S/C13H17NO3S/c1-16-13(15)10-3-2-4-11(14)12(10)18-9-5-7-17-8-6-9/h2-4,9H,5-8,14H2,1H3. The molecule has 0 atom stereocenters. The third-order valence-electron chi connectivity index (χ3n) is 2.90. The molecular formula is C13H17NO3S. The van der Waals surface area contributed by atoms with Gasteiger partial charge >= 0.3 is 5.97 Å². The van der Waals surface area contributed by atoms with Crippen molar-refractivity contribution in [1.29, 1.82) is 0 Å². The van der Waals surface area contributed by atoms with Crippen LogP contribution in [-0.4, -0.2) is 31.5 Å². The van der Waals surface area contributed by atoms with Crippen LogP contribution in [0.5, 0.6) is 0 Å². The van der Waals surface area contributed by atoms with Crippen molar-refractivity contribution in [3.05, 3.63) is 23.8 Å². The smallest absolute Gasteiger partial charge is 0.339 e. The summed E-state index contributed by atoms with van der Waals surface area (Å²) < 4.78 is 10.1. The van der Waals surface area contributed by atoms with Gasteiger partial charge in [0.2, 0.25) is 0 Å². The summed E-state index contributed by atoms with van der Waals surface area (Å²) in [5.74, 6) is -0.336. The summed E-state index contributed by atoms with van der Waals surface area (Å²) in [5.41, 5.74) is 7.15. The number of thioether (sulfide) groups is 1. The first-order chi connectivity index (χ1) is 8.72. The molecule has 4 nitrogen and oxygen atoms in total. The van der Waals surface area contributed by atoms with Crippen LogP contribution in [0.15, 0.2) is 23.1 Å². The van der Waals surface area contributed by atoms with Gasteiger partial charge in [0.15, 0.2) is 0 Å². The Balaban J connectivity index is 2.21. The second-order valence-corrected chi connectivity index (χ2v) is 5.46. The number of ether oxygens (including phenoxy) is 2. The fraction of sp³-hybridized carbons (Fsp3) is 0.462. The molecule has 2 rings (SSSR count). The van der Waals surface area contributed by atoms with E-state index in [1.165, 1.54) is 7.11 Å². The third-order valence-corrected chi connectivity index (χ3v) is 4.40. The zero-order chi connectivity index (χ0) is 13.0. The molecule has 0 bridgehead atoms. The highest BCUT2D eigenvalue weighted by atomic mass is 32.2. The number of hydrogen-bond acceptors (Lipinski definition) is 5. The number of anilines is 1. The van der Waals surface area contributed by atoms with Gasteiger partial charge in [-0.3, -0.25) is 0 Å². The number of carbonyl (C=O) groups excluding carboxylic acids is 1. The van der Waals surface area contributed by atoms with Gasteiger partial charge in [-0.15, -0.1) is 11.8 Å². The Kier molecular flexibility index (Phi) is 4.49. The Hall–Kier alpha value is -1.20. The van der Waals surface area contributed by atoms with Gasteiger partial charge in [0.25, 0.3) is 0 Å². The van der Waals surface area contributed by atoms with Gasteiger partial charge < -0.3 is 15.2 Å². The molecule has 1 heterocycles. The average molecular weight is 267 g/mol. The molecule has 0 spiro atoms. The summed E-state index contributed by atoms with van der Waals surface area (Å²) in [6.07, 6.45) is 1.97. The van der Waals surface area contributed by atoms with Crippen molar-refractivity contribution in [1.82, 2.24) is 0 Å². The maximum Gasteiger partial charge on any atom is 0.339 e. The number of nitrogen functional groups attached to an aromatic ring is 1. The molecule has 98 valence electrons. The normalized spacial score (nSPS) is 16.5. The fourth-order valence-corrected chi connectivity index (χ4v) is 3.16. The summed E-state index contributed by atoms with van der Waals surface area (Å²) in [5, 5.41) is 0.451. The lowest BCUT2D eigenvalue weighted by Gasteiger charge is -2.22. The lowest BCUT2D eigenvalue weighted by atomic mass is 10.2. The minimum absolute atomic E-state index is 0.336. The zero-order valence-corrected chi connectivity index (χ0v) is 11.2. The SMILES string of the molecule is COC(=O)c1cccc(N)c1SC1CCOCC1. The van der Waals surface area contributed by atoms with E-state index in [0.717, 1.165) is 31.0 Å². The molecule has 1 aromatic rings. The molecule has 0 amide bonds. The molecule has 18 heavy (non-hydrogen) atoms. The van der Waals surface area contributed by atoms with Crippen molar-refractivity contribution in [2.45, 2.75) is 23.0 Å². The van der Waals surface area contributed by atoms with E-state index in [2.05, 4.69) is 0 Å². The molecule has 1 saturated heterocycles. The molecular weight excluding hydrogens is 250 g/mol. The highest BCUT2D eigenvalue weighted by Gasteiger charge is 2.21. The van der Waals surface area contributed by atoms with Crippen LogP contribution in [0.25, 0.3) is 0 Å². The minimum Gasteiger partial charge on any atom is -0.465 e. The zero-order valence-electron chi connectivity index (χ0n) is 10.3. The number of hydrogen-bond donors (Lipinski definition) is 1. The van der Waals surface area contributed by atoms with E-state index in [1.54, 1.807) is 23.9 Å². The average Bonchev–Trinajstić information content (AvgIpc) is 2.41. The molecule has 5 heteroatoms. The van der Waals surface area contributed by atoms with Crippen LogP contribution >= 0.6 is 11.8 Å². The van der Waals surface area contributed by atoms with E-state index in [0.29, 0.717) is 16.5 Å². The number of methoxy groups -OCH3 is 1. The van der Waals surface area contributed by atoms with Crippen LogP contribution in [0.3, 0.4) is 0 Å². The molecule has 1 aliphatic heterocycles. The Labute approximate surface area is 111 Å². The van der Waals surface area contributed by atoms with Gasteiger partial charge in [-0.25, -0.2) is 4.79 Å². The second-order valence-electron chi connectivity index (χ2n) is 4.15. The topological polar surface area (TPSA) is 61.5 Å². The lowest BCUT2D eigenvalue weighted by molar-refractivity contribution is 0.0597. The first kappa shape index (κ1) is 13.2. The van der Waals surface area contributed by atoms with Gasteiger partial charge in [0.1, 0.15) is 0 Å². The first-order valence-electron chi connectivity index (χ1n) is 5.93. The molecule has 0 aromatic heterocycles. The maximum atomic E-state index is 11.7. The molecule has 1 aromatic carbocycles. The summed E-state index contributed by atoms with van der Waals surface area (Å²) in [7, 11) is 1.38. The van der Waals surface area contributed by atoms with Crippen LogP contribution in [0.4, 0.5) is 5.69 Å². The van der Waals surface area contributed by atoms with Crippen molar-refractivity contribution in [2.75, 3.05) is 26.1 Å². The van der Waals surface area contributed by atoms with E-state index >= 15 is 0 Å². The number of esters is 1. The van der Waals surface area contributed by atoms with Gasteiger partial charge in [0, 0.05) is 29.0 Å². The summed E-state index contributed by atoms with van der Waals surface area (Å²) >= 11 is 1.66. The van der Waals surface area contributed by atoms with Crippen molar-refractivity contribution in [3.8, 4) is 0 Å². The van der Waals surface area contributed by atoms with Crippen molar-refractivity contribution in [3.63, 3.8) is 0 Å². The molecule has 1 aliphatic rings. The Morgan fingerprint density at radius 2 is 2.17 bits per heavy atom. The molecule has 2 N–H and O–H groups in total. The first-order valence-corrected chi connectivity index (χ1v) is 6.81. The van der Waals surface area contributed by atoms with Crippen LogP contribution < -0.4 is 5.73 Å². The van der Waals surface area contributed by atoms with Crippen LogP contribution in [0, 0.1) is 0 Å². The van der Waals surface area contributed by atoms with Crippen LogP contribution in [0.1, 0.15) is 23.2 Å². The van der Waals surface area contributed by atoms with Gasteiger partial charge in [-0.2, -0.15) is 0 Å². The Morgan fingerprint density at radius 1 is 1.44 bits per heavy atom. The number of benzene rings is 1. The molecule has 0 aliphatic carbocycles.